The molecule has 4 nitrogen and oxygen atoms in total. The first kappa shape index (κ1) is 13.8. The lowest BCUT2D eigenvalue weighted by atomic mass is 9.92. The third-order valence-corrected chi connectivity index (χ3v) is 4.20. The van der Waals surface area contributed by atoms with Crippen LogP contribution in [0.3, 0.4) is 0 Å². The van der Waals surface area contributed by atoms with E-state index in [-0.39, 0.29) is 5.41 Å². The second-order valence-corrected chi connectivity index (χ2v) is 6.81. The van der Waals surface area contributed by atoms with Crippen LogP contribution in [-0.2, 0) is 5.41 Å². The first-order valence-electron chi connectivity index (χ1n) is 6.44. The Kier molecular flexibility index (Phi) is 3.99. The molecule has 1 saturated heterocycles. The van der Waals surface area contributed by atoms with E-state index in [4.69, 9.17) is 4.98 Å². The topological polar surface area (TPSA) is 41.1 Å². The van der Waals surface area contributed by atoms with Gasteiger partial charge in [-0.25, -0.2) is 4.98 Å². The van der Waals surface area contributed by atoms with Crippen molar-refractivity contribution in [2.45, 2.75) is 39.0 Å². The first-order valence-corrected chi connectivity index (χ1v) is 7.52. The highest BCUT2D eigenvalue weighted by Crippen LogP contribution is 2.31. The van der Waals surface area contributed by atoms with Gasteiger partial charge in [-0.3, -0.25) is 0 Å². The number of nitrogens with zero attached hydrogens (tertiary/aromatic N) is 3. The molecule has 1 N–H and O–H groups in total. The third kappa shape index (κ3) is 2.70. The molecular formula is C13H21IN4. The van der Waals surface area contributed by atoms with E-state index in [1.165, 1.54) is 12.8 Å². The number of rotatable bonds is 2. The zero-order valence-electron chi connectivity index (χ0n) is 11.5. The van der Waals surface area contributed by atoms with Crippen molar-refractivity contribution in [1.82, 2.24) is 9.97 Å². The monoisotopic (exact) mass is 360 g/mol. The first-order chi connectivity index (χ1) is 8.43. The zero-order valence-corrected chi connectivity index (χ0v) is 13.7. The van der Waals surface area contributed by atoms with Crippen LogP contribution in [0, 0.1) is 3.57 Å². The molecule has 0 saturated carbocycles. The van der Waals surface area contributed by atoms with Crippen LogP contribution in [0.1, 0.15) is 39.3 Å². The lowest BCUT2D eigenvalue weighted by molar-refractivity contribution is 0.562. The van der Waals surface area contributed by atoms with Crippen LogP contribution in [0.2, 0.25) is 0 Å². The van der Waals surface area contributed by atoms with E-state index in [2.05, 4.69) is 58.6 Å². The van der Waals surface area contributed by atoms with E-state index in [9.17, 15) is 0 Å². The molecule has 0 aliphatic carbocycles. The minimum Gasteiger partial charge on any atom is -0.372 e. The van der Waals surface area contributed by atoms with Gasteiger partial charge in [-0.15, -0.1) is 0 Å². The number of anilines is 2. The predicted molar refractivity (Wildman–Crippen MR) is 84.4 cm³/mol. The summed E-state index contributed by atoms with van der Waals surface area (Å²) in [7, 11) is 1.92. The summed E-state index contributed by atoms with van der Waals surface area (Å²) in [4.78, 5) is 11.7. The maximum Gasteiger partial charge on any atom is 0.227 e. The summed E-state index contributed by atoms with van der Waals surface area (Å²) in [6.07, 6.45) is 2.49. The van der Waals surface area contributed by atoms with Crippen molar-refractivity contribution in [3.05, 3.63) is 9.26 Å². The molecule has 1 aliphatic rings. The molecule has 0 bridgehead atoms. The molecule has 0 unspecified atom stereocenters. The van der Waals surface area contributed by atoms with Gasteiger partial charge in [0.2, 0.25) is 5.95 Å². The molecule has 0 amide bonds. The molecule has 18 heavy (non-hydrogen) atoms. The Morgan fingerprint density at radius 1 is 1.17 bits per heavy atom. The number of aromatic nitrogens is 2. The Hall–Kier alpha value is -0.590. The van der Waals surface area contributed by atoms with Gasteiger partial charge in [0, 0.05) is 25.6 Å². The quantitative estimate of drug-likeness (QED) is 0.824. The Labute approximate surface area is 123 Å². The highest BCUT2D eigenvalue weighted by molar-refractivity contribution is 14.1. The van der Waals surface area contributed by atoms with E-state index in [0.29, 0.717) is 0 Å². The molecule has 1 fully saturated rings. The van der Waals surface area contributed by atoms with Gasteiger partial charge in [0.1, 0.15) is 5.82 Å². The molecule has 1 aromatic heterocycles. The summed E-state index contributed by atoms with van der Waals surface area (Å²) in [6.45, 7) is 8.75. The number of nitrogens with one attached hydrogen (secondary N) is 1. The van der Waals surface area contributed by atoms with Crippen LogP contribution in [0.4, 0.5) is 11.8 Å². The van der Waals surface area contributed by atoms with Gasteiger partial charge in [0.15, 0.2) is 0 Å². The minimum absolute atomic E-state index is 0.0412. The Bertz CT molecular complexity index is 433. The maximum absolute atomic E-state index is 4.80. The SMILES string of the molecule is CNc1nc(N2CCCC2)nc(C(C)(C)C)c1I. The zero-order chi connectivity index (χ0) is 13.3. The third-order valence-electron chi connectivity index (χ3n) is 3.18. The molecule has 1 aliphatic heterocycles. The van der Waals surface area contributed by atoms with E-state index in [0.717, 1.165) is 34.1 Å². The van der Waals surface area contributed by atoms with Crippen molar-refractivity contribution in [2.75, 3.05) is 30.4 Å². The summed E-state index contributed by atoms with van der Waals surface area (Å²) in [6, 6.07) is 0. The molecule has 1 aromatic rings. The van der Waals surface area contributed by atoms with Crippen molar-refractivity contribution in [3.8, 4) is 0 Å². The van der Waals surface area contributed by atoms with Gasteiger partial charge in [-0.05, 0) is 35.4 Å². The predicted octanol–water partition coefficient (Wildman–Crippen LogP) is 3.02. The lowest BCUT2D eigenvalue weighted by Crippen LogP contribution is -2.25. The standard InChI is InChI=1S/C13H21IN4/c1-13(2,3)10-9(14)11(15-4)17-12(16-10)18-7-5-6-8-18/h5-8H2,1-4H3,(H,15,16,17). The van der Waals surface area contributed by atoms with Gasteiger partial charge in [0.05, 0.1) is 9.26 Å². The van der Waals surface area contributed by atoms with Gasteiger partial charge >= 0.3 is 0 Å². The summed E-state index contributed by atoms with van der Waals surface area (Å²) < 4.78 is 1.13. The normalized spacial score (nSPS) is 16.2. The number of hydrogen-bond donors (Lipinski definition) is 1. The van der Waals surface area contributed by atoms with Gasteiger partial charge < -0.3 is 10.2 Å². The van der Waals surface area contributed by atoms with Gasteiger partial charge in [0.25, 0.3) is 0 Å². The maximum atomic E-state index is 4.80. The second-order valence-electron chi connectivity index (χ2n) is 5.73. The summed E-state index contributed by atoms with van der Waals surface area (Å²) >= 11 is 2.34. The van der Waals surface area contributed by atoms with Crippen molar-refractivity contribution in [2.24, 2.45) is 0 Å². The molecule has 2 rings (SSSR count). The fourth-order valence-corrected chi connectivity index (χ4v) is 3.48. The van der Waals surface area contributed by atoms with Gasteiger partial charge in [-0.2, -0.15) is 4.98 Å². The summed E-state index contributed by atoms with van der Waals surface area (Å²) in [5.41, 5.74) is 1.17. The largest absolute Gasteiger partial charge is 0.372 e. The summed E-state index contributed by atoms with van der Waals surface area (Å²) in [5.74, 6) is 1.82. The smallest absolute Gasteiger partial charge is 0.227 e. The van der Waals surface area contributed by atoms with E-state index in [1.807, 2.05) is 7.05 Å². The van der Waals surface area contributed by atoms with Crippen LogP contribution >= 0.6 is 22.6 Å². The Morgan fingerprint density at radius 2 is 1.78 bits per heavy atom. The van der Waals surface area contributed by atoms with Crippen LogP contribution in [0.25, 0.3) is 0 Å². The molecule has 0 aromatic carbocycles. The fraction of sp³-hybridized carbons (Fsp3) is 0.692. The molecule has 0 atom stereocenters. The fourth-order valence-electron chi connectivity index (χ4n) is 2.16. The van der Waals surface area contributed by atoms with Crippen molar-refractivity contribution >= 4 is 34.4 Å². The Morgan fingerprint density at radius 3 is 2.28 bits per heavy atom. The molecule has 5 heteroatoms. The van der Waals surface area contributed by atoms with Crippen molar-refractivity contribution < 1.29 is 0 Å². The van der Waals surface area contributed by atoms with Crippen LogP contribution in [0.5, 0.6) is 0 Å². The van der Waals surface area contributed by atoms with Crippen LogP contribution in [-0.4, -0.2) is 30.1 Å². The highest BCUT2D eigenvalue weighted by Gasteiger charge is 2.25. The average Bonchev–Trinajstić information content (AvgIpc) is 2.81. The average molecular weight is 360 g/mol. The highest BCUT2D eigenvalue weighted by atomic mass is 127. The molecule has 0 radical (unpaired) electrons. The Balaban J connectivity index is 2.48. The summed E-state index contributed by atoms with van der Waals surface area (Å²) in [5, 5.41) is 3.19. The number of hydrogen-bond acceptors (Lipinski definition) is 4. The van der Waals surface area contributed by atoms with E-state index >= 15 is 0 Å². The van der Waals surface area contributed by atoms with E-state index < -0.39 is 0 Å². The second kappa shape index (κ2) is 5.19. The molecule has 0 spiro atoms. The van der Waals surface area contributed by atoms with Crippen LogP contribution < -0.4 is 10.2 Å². The minimum atomic E-state index is 0.0412. The van der Waals surface area contributed by atoms with Crippen molar-refractivity contribution in [1.29, 1.82) is 0 Å². The lowest BCUT2D eigenvalue weighted by Gasteiger charge is -2.24. The van der Waals surface area contributed by atoms with E-state index in [1.54, 1.807) is 0 Å². The molecular weight excluding hydrogens is 339 g/mol. The van der Waals surface area contributed by atoms with Crippen molar-refractivity contribution in [3.63, 3.8) is 0 Å². The number of halogens is 1. The molecule has 100 valence electrons. The molecule has 2 heterocycles. The van der Waals surface area contributed by atoms with Gasteiger partial charge in [-0.1, -0.05) is 20.8 Å². The van der Waals surface area contributed by atoms with Crippen LogP contribution in [0.15, 0.2) is 0 Å².